The minimum Gasteiger partial charge on any atom is -0.506 e. The van der Waals surface area contributed by atoms with Crippen molar-refractivity contribution in [2.45, 2.75) is 10.6 Å². The van der Waals surface area contributed by atoms with Crippen molar-refractivity contribution in [3.8, 4) is 5.75 Å². The highest BCUT2D eigenvalue weighted by Crippen LogP contribution is 2.38. The highest BCUT2D eigenvalue weighted by atomic mass is 32.2. The minimum atomic E-state index is -4.50. The number of hydrogen-bond acceptors (Lipinski definition) is 7. The van der Waals surface area contributed by atoms with Gasteiger partial charge >= 0.3 is 0 Å². The van der Waals surface area contributed by atoms with Crippen molar-refractivity contribution >= 4 is 56.5 Å². The van der Waals surface area contributed by atoms with Gasteiger partial charge in [-0.25, -0.2) is 0 Å². The summed E-state index contributed by atoms with van der Waals surface area (Å²) in [4.78, 5) is 12.6. The molecule has 3 N–H and O–H groups in total. The van der Waals surface area contributed by atoms with Crippen molar-refractivity contribution in [1.29, 1.82) is 0 Å². The van der Waals surface area contributed by atoms with E-state index in [0.717, 1.165) is 11.6 Å². The molecule has 34 heavy (non-hydrogen) atoms. The maximum Gasteiger partial charge on any atom is 0.294 e. The molecule has 0 aliphatic heterocycles. The van der Waals surface area contributed by atoms with E-state index in [4.69, 9.17) is 0 Å². The molecule has 0 atom stereocenters. The highest BCUT2D eigenvalue weighted by molar-refractivity contribution is 7.85. The van der Waals surface area contributed by atoms with Crippen molar-refractivity contribution in [2.75, 3.05) is 5.32 Å². The molecule has 172 valence electrons. The van der Waals surface area contributed by atoms with Crippen molar-refractivity contribution in [3.05, 3.63) is 90.0 Å². The number of carbonyl (C=O) groups is 1. The summed E-state index contributed by atoms with van der Waals surface area (Å²) < 4.78 is 32.7. The first-order valence-corrected chi connectivity index (χ1v) is 12.1. The Morgan fingerprint density at radius 2 is 1.62 bits per heavy atom. The fraction of sp³-hybridized carbons (Fsp3) is 0.0417. The van der Waals surface area contributed by atoms with Gasteiger partial charge in [0.25, 0.3) is 16.0 Å². The standard InChI is InChI=1S/C24H19N3O5S2/c28-23-19-11-10-18(34(30,31)32)12-20(19)22(27-26-17-4-2-1-3-5-17)13-21(23)24(29)25-16-8-6-15(14-33)7-9-16/h1-13,28,33H,14H2,(H,25,29)(H,30,31,32). The minimum absolute atomic E-state index is 0.0765. The SMILES string of the molecule is O=C(Nc1ccc(CS)cc1)c1cc(N=Nc2ccccc2)c2cc(S(=O)(=O)O)ccc2c1O. The smallest absolute Gasteiger partial charge is 0.294 e. The summed E-state index contributed by atoms with van der Waals surface area (Å²) in [5, 5.41) is 22.3. The first-order valence-electron chi connectivity index (χ1n) is 10.0. The zero-order valence-corrected chi connectivity index (χ0v) is 19.3. The van der Waals surface area contributed by atoms with Crippen LogP contribution in [0, 0.1) is 0 Å². The number of phenolic OH excluding ortho intramolecular Hbond substituents is 1. The van der Waals surface area contributed by atoms with Crippen LogP contribution in [0.4, 0.5) is 17.1 Å². The second-order valence-electron chi connectivity index (χ2n) is 7.32. The van der Waals surface area contributed by atoms with E-state index in [-0.39, 0.29) is 32.7 Å². The quantitative estimate of drug-likeness (QED) is 0.151. The van der Waals surface area contributed by atoms with Crippen molar-refractivity contribution in [3.63, 3.8) is 0 Å². The van der Waals surface area contributed by atoms with E-state index >= 15 is 0 Å². The van der Waals surface area contributed by atoms with Crippen LogP contribution < -0.4 is 5.32 Å². The zero-order chi connectivity index (χ0) is 24.3. The van der Waals surface area contributed by atoms with Crippen molar-refractivity contribution in [2.24, 2.45) is 10.2 Å². The first kappa shape index (κ1) is 23.4. The molecular formula is C24H19N3O5S2. The number of anilines is 1. The fourth-order valence-corrected chi connectivity index (χ4v) is 4.00. The maximum atomic E-state index is 13.0. The maximum absolute atomic E-state index is 13.0. The number of thiol groups is 1. The third-order valence-electron chi connectivity index (χ3n) is 5.02. The molecule has 0 heterocycles. The molecule has 8 nitrogen and oxygen atoms in total. The number of aromatic hydroxyl groups is 1. The monoisotopic (exact) mass is 493 g/mol. The van der Waals surface area contributed by atoms with Gasteiger partial charge in [0.2, 0.25) is 0 Å². The van der Waals surface area contributed by atoms with Crippen LogP contribution in [0.15, 0.2) is 94.0 Å². The van der Waals surface area contributed by atoms with Gasteiger partial charge in [-0.2, -0.15) is 26.2 Å². The molecular weight excluding hydrogens is 474 g/mol. The molecule has 0 aliphatic rings. The third-order valence-corrected chi connectivity index (χ3v) is 6.24. The largest absolute Gasteiger partial charge is 0.506 e. The molecule has 0 unspecified atom stereocenters. The average molecular weight is 494 g/mol. The van der Waals surface area contributed by atoms with E-state index in [1.807, 2.05) is 18.2 Å². The van der Waals surface area contributed by atoms with Crippen LogP contribution >= 0.6 is 12.6 Å². The van der Waals surface area contributed by atoms with Crippen LogP contribution in [0.2, 0.25) is 0 Å². The summed E-state index contributed by atoms with van der Waals surface area (Å²) in [5.74, 6) is -0.394. The van der Waals surface area contributed by atoms with E-state index in [2.05, 4.69) is 28.2 Å². The molecule has 0 radical (unpaired) electrons. The van der Waals surface area contributed by atoms with Gasteiger partial charge in [-0.05, 0) is 54.1 Å². The van der Waals surface area contributed by atoms with E-state index < -0.39 is 16.0 Å². The van der Waals surface area contributed by atoms with Crippen LogP contribution in [0.3, 0.4) is 0 Å². The van der Waals surface area contributed by atoms with E-state index in [1.54, 1.807) is 36.4 Å². The van der Waals surface area contributed by atoms with Gasteiger partial charge in [-0.3, -0.25) is 9.35 Å². The van der Waals surface area contributed by atoms with Crippen LogP contribution in [0.5, 0.6) is 5.75 Å². The molecule has 0 aromatic heterocycles. The zero-order valence-electron chi connectivity index (χ0n) is 17.6. The lowest BCUT2D eigenvalue weighted by Crippen LogP contribution is -2.12. The number of rotatable bonds is 6. The van der Waals surface area contributed by atoms with Gasteiger partial charge in [-0.15, -0.1) is 5.11 Å². The number of phenols is 1. The van der Waals surface area contributed by atoms with Gasteiger partial charge in [0.05, 0.1) is 21.8 Å². The summed E-state index contributed by atoms with van der Waals surface area (Å²) >= 11 is 4.21. The molecule has 4 rings (SSSR count). The molecule has 0 spiro atoms. The molecule has 0 aliphatic carbocycles. The van der Waals surface area contributed by atoms with Gasteiger partial charge in [-0.1, -0.05) is 30.3 Å². The number of hydrogen-bond donors (Lipinski definition) is 4. The van der Waals surface area contributed by atoms with Crippen LogP contribution in [-0.2, 0) is 15.9 Å². The van der Waals surface area contributed by atoms with E-state index in [9.17, 15) is 22.9 Å². The number of nitrogens with zero attached hydrogens (tertiary/aromatic N) is 2. The van der Waals surface area contributed by atoms with Gasteiger partial charge in [0, 0.05) is 22.2 Å². The normalized spacial score (nSPS) is 11.7. The summed E-state index contributed by atoms with van der Waals surface area (Å²) in [5.41, 5.74) is 2.09. The third kappa shape index (κ3) is 5.09. The Labute approximate surface area is 201 Å². The number of nitrogens with one attached hydrogen (secondary N) is 1. The van der Waals surface area contributed by atoms with Crippen LogP contribution in [0.25, 0.3) is 10.8 Å². The van der Waals surface area contributed by atoms with Crippen LogP contribution in [-0.4, -0.2) is 24.0 Å². The number of carbonyl (C=O) groups excluding carboxylic acids is 1. The fourth-order valence-electron chi connectivity index (χ4n) is 3.28. The molecule has 0 bridgehead atoms. The predicted molar refractivity (Wildman–Crippen MR) is 133 cm³/mol. The predicted octanol–water partition coefficient (Wildman–Crippen LogP) is 5.89. The summed E-state index contributed by atoms with van der Waals surface area (Å²) in [6.45, 7) is 0. The Morgan fingerprint density at radius 3 is 2.26 bits per heavy atom. The molecule has 0 saturated heterocycles. The second-order valence-corrected chi connectivity index (χ2v) is 9.06. The van der Waals surface area contributed by atoms with Gasteiger partial charge in [0.1, 0.15) is 5.75 Å². The van der Waals surface area contributed by atoms with Crippen molar-refractivity contribution < 1.29 is 22.9 Å². The Balaban J connectivity index is 1.82. The number of fused-ring (bicyclic) bond motifs is 1. The Hall–Kier alpha value is -3.73. The molecule has 0 fully saturated rings. The molecule has 10 heteroatoms. The highest BCUT2D eigenvalue weighted by Gasteiger charge is 2.20. The topological polar surface area (TPSA) is 128 Å². The van der Waals surface area contributed by atoms with Gasteiger partial charge < -0.3 is 10.4 Å². The Bertz CT molecular complexity index is 1500. The van der Waals surface area contributed by atoms with Crippen LogP contribution in [0.1, 0.15) is 15.9 Å². The summed E-state index contributed by atoms with van der Waals surface area (Å²) in [6.07, 6.45) is 0. The average Bonchev–Trinajstić information content (AvgIpc) is 2.84. The van der Waals surface area contributed by atoms with Crippen molar-refractivity contribution in [1.82, 2.24) is 0 Å². The summed E-state index contributed by atoms with van der Waals surface area (Å²) in [7, 11) is -4.50. The number of azo groups is 1. The molecule has 4 aromatic carbocycles. The van der Waals surface area contributed by atoms with E-state index in [0.29, 0.717) is 17.1 Å². The molecule has 1 amide bonds. The lowest BCUT2D eigenvalue weighted by atomic mass is 10.0. The number of amides is 1. The summed E-state index contributed by atoms with van der Waals surface area (Å²) in [6, 6.07) is 20.8. The lowest BCUT2D eigenvalue weighted by molar-refractivity contribution is 0.102. The van der Waals surface area contributed by atoms with Gasteiger partial charge in [0.15, 0.2) is 0 Å². The Kier molecular flexibility index (Phi) is 6.64. The lowest BCUT2D eigenvalue weighted by Gasteiger charge is -2.12. The molecule has 0 saturated carbocycles. The Morgan fingerprint density at radius 1 is 0.912 bits per heavy atom. The number of benzene rings is 4. The first-order chi connectivity index (χ1) is 16.3. The van der Waals surface area contributed by atoms with E-state index in [1.165, 1.54) is 18.2 Å². The molecule has 4 aromatic rings. The second kappa shape index (κ2) is 9.64.